The molecule has 0 aliphatic carbocycles. The van der Waals surface area contributed by atoms with Crippen molar-refractivity contribution in [3.8, 4) is 0 Å². The van der Waals surface area contributed by atoms with Gasteiger partial charge >= 0.3 is 12.1 Å². The lowest BCUT2D eigenvalue weighted by Crippen LogP contribution is -2.34. The van der Waals surface area contributed by atoms with Crippen LogP contribution in [0.4, 0.5) is 13.2 Å². The number of aryl methyl sites for hydroxylation is 1. The Balaban J connectivity index is 0.000000360. The van der Waals surface area contributed by atoms with Crippen molar-refractivity contribution in [1.82, 2.24) is 24.9 Å². The lowest BCUT2D eigenvalue weighted by Gasteiger charge is -2.31. The minimum absolute atomic E-state index is 0.205. The maximum atomic E-state index is 10.6. The van der Waals surface area contributed by atoms with E-state index in [-0.39, 0.29) is 6.61 Å². The number of nitrogens with zero attached hydrogens (tertiary/aromatic N) is 5. The highest BCUT2D eigenvalue weighted by atomic mass is 32.1. The highest BCUT2D eigenvalue weighted by Gasteiger charge is 2.38. The van der Waals surface area contributed by atoms with Gasteiger partial charge in [-0.15, -0.1) is 16.4 Å². The molecule has 1 aliphatic rings. The first-order chi connectivity index (χ1) is 15.3. The van der Waals surface area contributed by atoms with E-state index in [9.17, 15) is 13.2 Å². The largest absolute Gasteiger partial charge is 0.490 e. The number of aliphatic hydroxyl groups excluding tert-OH is 1. The van der Waals surface area contributed by atoms with Gasteiger partial charge in [-0.25, -0.2) is 14.5 Å². The fourth-order valence-corrected chi connectivity index (χ4v) is 4.40. The van der Waals surface area contributed by atoms with Crippen LogP contribution in [0.5, 0.6) is 0 Å². The summed E-state index contributed by atoms with van der Waals surface area (Å²) in [6, 6.07) is 8.78. The van der Waals surface area contributed by atoms with Crippen LogP contribution in [0.2, 0.25) is 0 Å². The number of carbonyl (C=O) groups is 1. The Labute approximate surface area is 186 Å². The molecule has 0 bridgehead atoms. The third kappa shape index (κ3) is 6.71. The van der Waals surface area contributed by atoms with E-state index in [0.29, 0.717) is 6.04 Å². The number of carboxylic acids is 1. The van der Waals surface area contributed by atoms with Gasteiger partial charge in [0.2, 0.25) is 0 Å². The van der Waals surface area contributed by atoms with Gasteiger partial charge < -0.3 is 10.2 Å². The molecular weight excluding hydrogens is 447 g/mol. The van der Waals surface area contributed by atoms with Crippen molar-refractivity contribution in [2.45, 2.75) is 44.4 Å². The molecule has 2 aromatic heterocycles. The minimum atomic E-state index is -5.08. The van der Waals surface area contributed by atoms with E-state index < -0.39 is 12.1 Å². The summed E-state index contributed by atoms with van der Waals surface area (Å²) in [6.07, 6.45) is 0.692. The summed E-state index contributed by atoms with van der Waals surface area (Å²) in [5.74, 6) is -2.76. The van der Waals surface area contributed by atoms with E-state index in [1.165, 1.54) is 9.71 Å². The first kappa shape index (κ1) is 24.1. The number of aromatic nitrogens is 4. The Morgan fingerprint density at radius 1 is 1.22 bits per heavy atom. The Kier molecular flexibility index (Phi) is 8.15. The van der Waals surface area contributed by atoms with Crippen LogP contribution >= 0.6 is 11.3 Å². The number of hydrogen-bond acceptors (Lipinski definition) is 7. The number of rotatable bonds is 6. The molecule has 8 nitrogen and oxygen atoms in total. The first-order valence-corrected chi connectivity index (χ1v) is 11.0. The summed E-state index contributed by atoms with van der Waals surface area (Å²) < 4.78 is 35.0. The highest BCUT2D eigenvalue weighted by molar-refractivity contribution is 7.18. The number of benzene rings is 1. The Bertz CT molecular complexity index is 982. The summed E-state index contributed by atoms with van der Waals surface area (Å²) in [6.45, 7) is 3.26. The number of piperidine rings is 1. The van der Waals surface area contributed by atoms with Crippen molar-refractivity contribution in [2.75, 3.05) is 19.7 Å². The molecule has 0 saturated carbocycles. The molecule has 3 heterocycles. The zero-order chi connectivity index (χ0) is 23.1. The van der Waals surface area contributed by atoms with E-state index in [0.717, 1.165) is 56.5 Å². The third-order valence-electron chi connectivity index (χ3n) is 5.02. The first-order valence-electron chi connectivity index (χ1n) is 10.1. The number of alkyl halides is 3. The molecule has 1 fully saturated rings. The zero-order valence-electron chi connectivity index (χ0n) is 17.2. The number of aliphatic hydroxyl groups is 1. The van der Waals surface area contributed by atoms with Crippen LogP contribution in [0.15, 0.2) is 30.5 Å². The number of carboxylic acid groups (broad SMARTS) is 1. The summed E-state index contributed by atoms with van der Waals surface area (Å²) in [4.78, 5) is 16.1. The average molecular weight is 472 g/mol. The lowest BCUT2D eigenvalue weighted by molar-refractivity contribution is -0.192. The second kappa shape index (κ2) is 10.8. The van der Waals surface area contributed by atoms with Crippen molar-refractivity contribution in [3.63, 3.8) is 0 Å². The molecule has 0 atom stereocenters. The van der Waals surface area contributed by atoms with Crippen LogP contribution in [0, 0.1) is 0 Å². The summed E-state index contributed by atoms with van der Waals surface area (Å²) in [7, 11) is 0. The molecule has 0 spiro atoms. The molecule has 4 rings (SSSR count). The molecule has 0 unspecified atom stereocenters. The topological polar surface area (TPSA) is 104 Å². The molecule has 1 aliphatic heterocycles. The van der Waals surface area contributed by atoms with Gasteiger partial charge in [-0.1, -0.05) is 17.3 Å². The van der Waals surface area contributed by atoms with Crippen LogP contribution in [-0.2, 0) is 17.8 Å². The molecule has 2 N–H and O–H groups in total. The van der Waals surface area contributed by atoms with Crippen LogP contribution in [0.3, 0.4) is 0 Å². The van der Waals surface area contributed by atoms with Crippen LogP contribution < -0.4 is 0 Å². The second-order valence-corrected chi connectivity index (χ2v) is 8.52. The van der Waals surface area contributed by atoms with Gasteiger partial charge in [0.25, 0.3) is 0 Å². The van der Waals surface area contributed by atoms with Crippen LogP contribution in [0.25, 0.3) is 10.2 Å². The van der Waals surface area contributed by atoms with E-state index in [1.54, 1.807) is 11.3 Å². The predicted molar refractivity (Wildman–Crippen MR) is 112 cm³/mol. The zero-order valence-corrected chi connectivity index (χ0v) is 18.0. The van der Waals surface area contributed by atoms with Crippen molar-refractivity contribution in [1.29, 1.82) is 0 Å². The van der Waals surface area contributed by atoms with Gasteiger partial charge in [-0.2, -0.15) is 13.2 Å². The summed E-state index contributed by atoms with van der Waals surface area (Å²) >= 11 is 1.80. The molecule has 1 saturated heterocycles. The maximum Gasteiger partial charge on any atom is 0.490 e. The van der Waals surface area contributed by atoms with Gasteiger partial charge in [-0.3, -0.25) is 4.90 Å². The molecular formula is C20H24F3N5O3S. The summed E-state index contributed by atoms with van der Waals surface area (Å²) in [5.41, 5.74) is 2.08. The predicted octanol–water partition coefficient (Wildman–Crippen LogP) is 3.28. The normalized spacial score (nSPS) is 15.5. The van der Waals surface area contributed by atoms with Gasteiger partial charge in [0.1, 0.15) is 5.01 Å². The Morgan fingerprint density at radius 2 is 1.91 bits per heavy atom. The van der Waals surface area contributed by atoms with Crippen molar-refractivity contribution in [2.24, 2.45) is 0 Å². The number of halogens is 3. The van der Waals surface area contributed by atoms with Crippen molar-refractivity contribution >= 4 is 27.5 Å². The Hall–Kier alpha value is -2.57. The van der Waals surface area contributed by atoms with Crippen molar-refractivity contribution in [3.05, 3.63) is 41.2 Å². The quantitative estimate of drug-likeness (QED) is 0.569. The van der Waals surface area contributed by atoms with E-state index in [2.05, 4.69) is 33.4 Å². The summed E-state index contributed by atoms with van der Waals surface area (Å²) in [5, 5.41) is 25.7. The fraction of sp³-hybridized carbons (Fsp3) is 0.500. The molecule has 3 aromatic rings. The highest BCUT2D eigenvalue weighted by Crippen LogP contribution is 2.26. The second-order valence-electron chi connectivity index (χ2n) is 7.40. The number of likely N-dealkylation sites (tertiary alicyclic amines) is 1. The van der Waals surface area contributed by atoms with Gasteiger partial charge in [0, 0.05) is 25.9 Å². The Morgan fingerprint density at radius 3 is 2.53 bits per heavy atom. The van der Waals surface area contributed by atoms with Gasteiger partial charge in [0.15, 0.2) is 0 Å². The van der Waals surface area contributed by atoms with E-state index >= 15 is 0 Å². The maximum absolute atomic E-state index is 10.6. The van der Waals surface area contributed by atoms with Crippen LogP contribution in [0.1, 0.15) is 36.0 Å². The van der Waals surface area contributed by atoms with Crippen LogP contribution in [-0.4, -0.2) is 66.9 Å². The molecule has 12 heteroatoms. The number of para-hydroxylation sites is 1. The fourth-order valence-electron chi connectivity index (χ4n) is 3.39. The van der Waals surface area contributed by atoms with E-state index in [1.807, 2.05) is 16.9 Å². The molecule has 1 aromatic carbocycles. The molecule has 0 amide bonds. The van der Waals surface area contributed by atoms with E-state index in [4.69, 9.17) is 20.0 Å². The molecule has 174 valence electrons. The third-order valence-corrected chi connectivity index (χ3v) is 6.04. The standard InChI is InChI=1S/C18H23N5OS.C2HF3O2/c24-11-3-4-14-12-23(21-20-14)15-7-9-22(10-8-15)13-18-19-16-5-1-2-6-17(16)25-18;3-2(4,5)1(6)7/h1-2,5-6,12,15,24H,3-4,7-11,13H2;(H,6,7). The number of fused-ring (bicyclic) bond motifs is 1. The van der Waals surface area contributed by atoms with Gasteiger partial charge in [0.05, 0.1) is 28.5 Å². The number of thiazole rings is 1. The molecule has 32 heavy (non-hydrogen) atoms. The monoisotopic (exact) mass is 471 g/mol. The lowest BCUT2D eigenvalue weighted by atomic mass is 10.1. The smallest absolute Gasteiger partial charge is 0.475 e. The minimum Gasteiger partial charge on any atom is -0.475 e. The number of hydrogen-bond donors (Lipinski definition) is 2. The number of aliphatic carboxylic acids is 1. The molecule has 0 radical (unpaired) electrons. The van der Waals surface area contributed by atoms with Crippen molar-refractivity contribution < 1.29 is 28.2 Å². The average Bonchev–Trinajstić information content (AvgIpc) is 3.39. The SMILES string of the molecule is O=C(O)C(F)(F)F.OCCCc1cn(C2CCN(Cc3nc4ccccc4s3)CC2)nn1. The van der Waals surface area contributed by atoms with Gasteiger partial charge in [-0.05, 0) is 37.8 Å².